The van der Waals surface area contributed by atoms with Crippen molar-refractivity contribution in [2.75, 3.05) is 14.2 Å². The molecule has 0 saturated carbocycles. The number of hydrogen-bond acceptors (Lipinski definition) is 3. The number of rotatable bonds is 5. The Bertz CT molecular complexity index is 631. The van der Waals surface area contributed by atoms with E-state index in [9.17, 15) is 9.50 Å². The number of methoxy groups -OCH3 is 2. The number of halogens is 2. The van der Waals surface area contributed by atoms with Crippen LogP contribution in [-0.2, 0) is 6.42 Å². The molecule has 2 rings (SSSR count). The van der Waals surface area contributed by atoms with Crippen LogP contribution in [0.25, 0.3) is 0 Å². The van der Waals surface area contributed by atoms with Gasteiger partial charge in [0.1, 0.15) is 5.82 Å². The van der Waals surface area contributed by atoms with Crippen LogP contribution in [0.5, 0.6) is 11.5 Å². The summed E-state index contributed by atoms with van der Waals surface area (Å²) in [6, 6.07) is 9.89. The molecular formula is C16H16BrFO3. The maximum Gasteiger partial charge on any atom is 0.166 e. The number of aliphatic hydroxyl groups is 1. The minimum Gasteiger partial charge on any atom is -0.493 e. The normalized spacial score (nSPS) is 12.0. The molecule has 0 heterocycles. The lowest BCUT2D eigenvalue weighted by Crippen LogP contribution is -2.06. The molecule has 0 amide bonds. The van der Waals surface area contributed by atoms with Crippen LogP contribution in [0.4, 0.5) is 4.39 Å². The van der Waals surface area contributed by atoms with Crippen molar-refractivity contribution in [3.8, 4) is 11.5 Å². The van der Waals surface area contributed by atoms with E-state index in [1.807, 2.05) is 0 Å². The smallest absolute Gasteiger partial charge is 0.166 e. The van der Waals surface area contributed by atoms with Crippen molar-refractivity contribution in [1.82, 2.24) is 0 Å². The summed E-state index contributed by atoms with van der Waals surface area (Å²) in [5, 5.41) is 10.4. The van der Waals surface area contributed by atoms with Crippen molar-refractivity contribution in [1.29, 1.82) is 0 Å². The fourth-order valence-electron chi connectivity index (χ4n) is 2.19. The van der Waals surface area contributed by atoms with Crippen molar-refractivity contribution < 1.29 is 19.0 Å². The molecule has 1 atom stereocenters. The van der Waals surface area contributed by atoms with Gasteiger partial charge in [-0.2, -0.15) is 0 Å². The third kappa shape index (κ3) is 3.54. The monoisotopic (exact) mass is 354 g/mol. The SMILES string of the molecule is COc1cccc(C(O)Cc2cc(Br)ccc2F)c1OC. The molecule has 0 bridgehead atoms. The molecule has 0 aromatic heterocycles. The van der Waals surface area contributed by atoms with Crippen molar-refractivity contribution >= 4 is 15.9 Å². The van der Waals surface area contributed by atoms with Crippen LogP contribution in [0.2, 0.25) is 0 Å². The number of aliphatic hydroxyl groups excluding tert-OH is 1. The summed E-state index contributed by atoms with van der Waals surface area (Å²) in [6.45, 7) is 0. The highest BCUT2D eigenvalue weighted by molar-refractivity contribution is 9.10. The standard InChI is InChI=1S/C16H16BrFO3/c1-20-15-5-3-4-12(16(15)21-2)14(19)9-10-8-11(17)6-7-13(10)18/h3-8,14,19H,9H2,1-2H3. The van der Waals surface area contributed by atoms with E-state index in [-0.39, 0.29) is 12.2 Å². The Kier molecular flexibility index (Phi) is 5.20. The molecule has 112 valence electrons. The Morgan fingerprint density at radius 1 is 1.19 bits per heavy atom. The Hall–Kier alpha value is -1.59. The second-order valence-corrected chi connectivity index (χ2v) is 5.45. The molecule has 3 nitrogen and oxygen atoms in total. The number of hydrogen-bond donors (Lipinski definition) is 1. The first-order valence-electron chi connectivity index (χ1n) is 6.39. The number of benzene rings is 2. The molecule has 0 fully saturated rings. The van der Waals surface area contributed by atoms with Gasteiger partial charge in [-0.3, -0.25) is 0 Å². The Morgan fingerprint density at radius 2 is 1.95 bits per heavy atom. The average molecular weight is 355 g/mol. The van der Waals surface area contributed by atoms with Gasteiger partial charge in [0.25, 0.3) is 0 Å². The lowest BCUT2D eigenvalue weighted by Gasteiger charge is -2.17. The van der Waals surface area contributed by atoms with E-state index in [2.05, 4.69) is 15.9 Å². The molecular weight excluding hydrogens is 339 g/mol. The van der Waals surface area contributed by atoms with Gasteiger partial charge in [0.15, 0.2) is 11.5 Å². The van der Waals surface area contributed by atoms with Crippen molar-refractivity contribution in [2.45, 2.75) is 12.5 Å². The fraction of sp³-hybridized carbons (Fsp3) is 0.250. The summed E-state index contributed by atoms with van der Waals surface area (Å²) in [7, 11) is 3.04. The lowest BCUT2D eigenvalue weighted by molar-refractivity contribution is 0.171. The van der Waals surface area contributed by atoms with E-state index in [4.69, 9.17) is 9.47 Å². The van der Waals surface area contributed by atoms with Gasteiger partial charge in [-0.25, -0.2) is 4.39 Å². The second-order valence-electron chi connectivity index (χ2n) is 4.54. The summed E-state index contributed by atoms with van der Waals surface area (Å²) in [6.07, 6.45) is -0.742. The Labute approximate surface area is 131 Å². The molecule has 2 aromatic carbocycles. The number of para-hydroxylation sites is 1. The van der Waals surface area contributed by atoms with Crippen LogP contribution in [0.15, 0.2) is 40.9 Å². The zero-order valence-electron chi connectivity index (χ0n) is 11.8. The summed E-state index contributed by atoms with van der Waals surface area (Å²) in [5.41, 5.74) is 0.998. The quantitative estimate of drug-likeness (QED) is 0.885. The highest BCUT2D eigenvalue weighted by Gasteiger charge is 2.18. The van der Waals surface area contributed by atoms with Crippen LogP contribution < -0.4 is 9.47 Å². The van der Waals surface area contributed by atoms with Crippen LogP contribution >= 0.6 is 15.9 Å². The van der Waals surface area contributed by atoms with Crippen molar-refractivity contribution in [3.63, 3.8) is 0 Å². The molecule has 0 aliphatic heterocycles. The minimum absolute atomic E-state index is 0.148. The molecule has 0 spiro atoms. The van der Waals surface area contributed by atoms with E-state index in [1.165, 1.54) is 20.3 Å². The average Bonchev–Trinajstić information content (AvgIpc) is 2.49. The van der Waals surface area contributed by atoms with Crippen LogP contribution in [0, 0.1) is 5.82 Å². The van der Waals surface area contributed by atoms with E-state index < -0.39 is 6.10 Å². The van der Waals surface area contributed by atoms with Gasteiger partial charge < -0.3 is 14.6 Å². The van der Waals surface area contributed by atoms with Crippen LogP contribution in [0.1, 0.15) is 17.2 Å². The molecule has 2 aromatic rings. The Balaban J connectivity index is 2.32. The summed E-state index contributed by atoms with van der Waals surface area (Å²) in [5.74, 6) is 0.644. The van der Waals surface area contributed by atoms with Gasteiger partial charge in [-0.15, -0.1) is 0 Å². The number of ether oxygens (including phenoxy) is 2. The predicted octanol–water partition coefficient (Wildman–Crippen LogP) is 3.88. The van der Waals surface area contributed by atoms with Crippen LogP contribution in [-0.4, -0.2) is 19.3 Å². The molecule has 0 aliphatic rings. The summed E-state index contributed by atoms with van der Waals surface area (Å²) in [4.78, 5) is 0. The van der Waals surface area contributed by atoms with Crippen molar-refractivity contribution in [2.24, 2.45) is 0 Å². The fourth-order valence-corrected chi connectivity index (χ4v) is 2.60. The molecule has 0 saturated heterocycles. The van der Waals surface area contributed by atoms with Gasteiger partial charge in [0.2, 0.25) is 0 Å². The molecule has 5 heteroatoms. The van der Waals surface area contributed by atoms with Gasteiger partial charge in [-0.05, 0) is 29.8 Å². The summed E-state index contributed by atoms with van der Waals surface area (Å²) >= 11 is 3.30. The zero-order chi connectivity index (χ0) is 15.4. The first-order chi connectivity index (χ1) is 10.1. The molecule has 1 N–H and O–H groups in total. The van der Waals surface area contributed by atoms with Crippen molar-refractivity contribution in [3.05, 3.63) is 57.8 Å². The molecule has 0 aliphatic carbocycles. The third-order valence-corrected chi connectivity index (χ3v) is 3.71. The molecule has 0 radical (unpaired) electrons. The van der Waals surface area contributed by atoms with Gasteiger partial charge in [-0.1, -0.05) is 28.1 Å². The maximum absolute atomic E-state index is 13.8. The highest BCUT2D eigenvalue weighted by Crippen LogP contribution is 2.36. The first kappa shape index (κ1) is 15.8. The second kappa shape index (κ2) is 6.91. The van der Waals surface area contributed by atoms with Gasteiger partial charge in [0, 0.05) is 16.5 Å². The minimum atomic E-state index is -0.890. The first-order valence-corrected chi connectivity index (χ1v) is 7.19. The molecule has 21 heavy (non-hydrogen) atoms. The van der Waals surface area contributed by atoms with E-state index in [0.29, 0.717) is 22.6 Å². The van der Waals surface area contributed by atoms with Crippen LogP contribution in [0.3, 0.4) is 0 Å². The largest absolute Gasteiger partial charge is 0.493 e. The van der Waals surface area contributed by atoms with E-state index in [0.717, 1.165) is 4.47 Å². The topological polar surface area (TPSA) is 38.7 Å². The van der Waals surface area contributed by atoms with Gasteiger partial charge >= 0.3 is 0 Å². The zero-order valence-corrected chi connectivity index (χ0v) is 13.4. The summed E-state index contributed by atoms with van der Waals surface area (Å²) < 4.78 is 25.0. The molecule has 1 unspecified atom stereocenters. The predicted molar refractivity (Wildman–Crippen MR) is 82.3 cm³/mol. The van der Waals surface area contributed by atoms with E-state index in [1.54, 1.807) is 30.3 Å². The highest BCUT2D eigenvalue weighted by atomic mass is 79.9. The lowest BCUT2D eigenvalue weighted by atomic mass is 10.00. The van der Waals surface area contributed by atoms with E-state index >= 15 is 0 Å². The van der Waals surface area contributed by atoms with Gasteiger partial charge in [0.05, 0.1) is 20.3 Å². The Morgan fingerprint density at radius 3 is 2.62 bits per heavy atom. The maximum atomic E-state index is 13.8. The third-order valence-electron chi connectivity index (χ3n) is 3.21.